The second-order valence-corrected chi connectivity index (χ2v) is 4.77. The van der Waals surface area contributed by atoms with E-state index in [4.69, 9.17) is 9.47 Å². The molecule has 1 heterocycles. The van der Waals surface area contributed by atoms with Crippen LogP contribution in [-0.4, -0.2) is 28.9 Å². The molecule has 24 heavy (non-hydrogen) atoms. The van der Waals surface area contributed by atoms with E-state index in [0.29, 0.717) is 22.6 Å². The van der Waals surface area contributed by atoms with Crippen LogP contribution in [0.2, 0.25) is 0 Å². The Morgan fingerprint density at radius 2 is 2.04 bits per heavy atom. The molecule has 1 amide bonds. The van der Waals surface area contributed by atoms with E-state index in [1.54, 1.807) is 12.1 Å². The number of nitro benzene ring substituents is 1. The number of ether oxygens (including phenoxy) is 2. The quantitative estimate of drug-likeness (QED) is 0.501. The maximum atomic E-state index is 12.0. The highest BCUT2D eigenvalue weighted by Gasteiger charge is 2.16. The van der Waals surface area contributed by atoms with Crippen molar-refractivity contribution in [3.8, 4) is 17.2 Å². The van der Waals surface area contributed by atoms with Crippen LogP contribution in [0.25, 0.3) is 0 Å². The molecule has 0 bridgehead atoms. The lowest BCUT2D eigenvalue weighted by atomic mass is 10.2. The third kappa shape index (κ3) is 3.09. The zero-order valence-electron chi connectivity index (χ0n) is 12.1. The molecule has 0 unspecified atom stereocenters. The number of fused-ring (bicyclic) bond motifs is 1. The smallest absolute Gasteiger partial charge is 0.310 e. The first-order chi connectivity index (χ1) is 11.5. The second-order valence-electron chi connectivity index (χ2n) is 4.77. The molecule has 9 heteroatoms. The summed E-state index contributed by atoms with van der Waals surface area (Å²) in [4.78, 5) is 21.9. The number of carbonyl (C=O) groups is 1. The first-order valence-corrected chi connectivity index (χ1v) is 6.75. The van der Waals surface area contributed by atoms with Crippen molar-refractivity contribution in [3.63, 3.8) is 0 Å². The summed E-state index contributed by atoms with van der Waals surface area (Å²) >= 11 is 0. The Balaban J connectivity index is 1.66. The molecule has 9 nitrogen and oxygen atoms in total. The molecule has 3 rings (SSSR count). The SMILES string of the molecule is O=C(NN=Cc1ccc([N+](=O)[O-])c(O)c1)c1ccc2c(c1)OCO2. The number of benzene rings is 2. The average Bonchev–Trinajstić information content (AvgIpc) is 3.02. The topological polar surface area (TPSA) is 123 Å². The number of aromatic hydroxyl groups is 1. The summed E-state index contributed by atoms with van der Waals surface area (Å²) in [5.74, 6) is 0.102. The number of carbonyl (C=O) groups excluding carboxylic acids is 1. The molecule has 0 radical (unpaired) electrons. The minimum absolute atomic E-state index is 0.113. The molecule has 2 N–H and O–H groups in total. The van der Waals surface area contributed by atoms with Gasteiger partial charge in [-0.25, -0.2) is 5.43 Å². The van der Waals surface area contributed by atoms with Crippen molar-refractivity contribution in [2.24, 2.45) is 5.10 Å². The average molecular weight is 329 g/mol. The first-order valence-electron chi connectivity index (χ1n) is 6.75. The van der Waals surface area contributed by atoms with Gasteiger partial charge in [0.05, 0.1) is 11.1 Å². The van der Waals surface area contributed by atoms with E-state index in [9.17, 15) is 20.0 Å². The number of hydrogen-bond donors (Lipinski definition) is 2. The summed E-state index contributed by atoms with van der Waals surface area (Å²) in [5.41, 5.74) is 2.64. The number of hydrazone groups is 1. The maximum absolute atomic E-state index is 12.0. The summed E-state index contributed by atoms with van der Waals surface area (Å²) in [6, 6.07) is 8.44. The van der Waals surface area contributed by atoms with Gasteiger partial charge in [-0.05, 0) is 35.9 Å². The zero-order chi connectivity index (χ0) is 17.1. The van der Waals surface area contributed by atoms with Crippen LogP contribution in [0.4, 0.5) is 5.69 Å². The predicted molar refractivity (Wildman–Crippen MR) is 82.4 cm³/mol. The molecule has 2 aromatic carbocycles. The lowest BCUT2D eigenvalue weighted by Gasteiger charge is -2.02. The Morgan fingerprint density at radius 3 is 2.79 bits per heavy atom. The van der Waals surface area contributed by atoms with Crippen molar-refractivity contribution < 1.29 is 24.3 Å². The van der Waals surface area contributed by atoms with Crippen molar-refractivity contribution in [2.45, 2.75) is 0 Å². The molecule has 0 aliphatic carbocycles. The van der Waals surface area contributed by atoms with Crippen LogP contribution in [0, 0.1) is 10.1 Å². The maximum Gasteiger partial charge on any atom is 0.310 e. The fourth-order valence-electron chi connectivity index (χ4n) is 2.04. The van der Waals surface area contributed by atoms with Gasteiger partial charge in [-0.1, -0.05) is 0 Å². The van der Waals surface area contributed by atoms with Crippen molar-refractivity contribution >= 4 is 17.8 Å². The van der Waals surface area contributed by atoms with Crippen LogP contribution in [0.15, 0.2) is 41.5 Å². The second kappa shape index (κ2) is 6.24. The molecular weight excluding hydrogens is 318 g/mol. The Kier molecular flexibility index (Phi) is 3.98. The Hall–Kier alpha value is -3.62. The van der Waals surface area contributed by atoms with Gasteiger partial charge in [0.25, 0.3) is 5.91 Å². The van der Waals surface area contributed by atoms with E-state index in [0.717, 1.165) is 6.07 Å². The van der Waals surface area contributed by atoms with Gasteiger partial charge in [0, 0.05) is 11.6 Å². The van der Waals surface area contributed by atoms with Crippen molar-refractivity contribution in [1.29, 1.82) is 0 Å². The molecule has 0 saturated heterocycles. The molecule has 1 aliphatic heterocycles. The summed E-state index contributed by atoms with van der Waals surface area (Å²) < 4.78 is 10.3. The van der Waals surface area contributed by atoms with E-state index in [1.165, 1.54) is 24.4 Å². The van der Waals surface area contributed by atoms with Crippen molar-refractivity contribution in [3.05, 3.63) is 57.6 Å². The highest BCUT2D eigenvalue weighted by molar-refractivity contribution is 5.95. The third-order valence-electron chi connectivity index (χ3n) is 3.21. The number of rotatable bonds is 4. The molecule has 0 saturated carbocycles. The number of phenols is 1. The van der Waals surface area contributed by atoms with Crippen LogP contribution in [0.3, 0.4) is 0 Å². The standard InChI is InChI=1S/C15H11N3O6/c19-12-5-9(1-3-11(12)18(21)22)7-16-17-15(20)10-2-4-13-14(6-10)24-8-23-13/h1-7,19H,8H2,(H,17,20). The van der Waals surface area contributed by atoms with Crippen LogP contribution < -0.4 is 14.9 Å². The van der Waals surface area contributed by atoms with Gasteiger partial charge in [-0.15, -0.1) is 0 Å². The van der Waals surface area contributed by atoms with Gasteiger partial charge in [0.1, 0.15) is 0 Å². The van der Waals surface area contributed by atoms with Crippen molar-refractivity contribution in [2.75, 3.05) is 6.79 Å². The van der Waals surface area contributed by atoms with Gasteiger partial charge >= 0.3 is 5.69 Å². The molecule has 0 atom stereocenters. The Morgan fingerprint density at radius 1 is 1.25 bits per heavy atom. The molecule has 2 aromatic rings. The number of hydrogen-bond acceptors (Lipinski definition) is 7. The van der Waals surface area contributed by atoms with Crippen LogP contribution >= 0.6 is 0 Å². The van der Waals surface area contributed by atoms with Crippen LogP contribution in [0.1, 0.15) is 15.9 Å². The number of nitrogens with one attached hydrogen (secondary N) is 1. The summed E-state index contributed by atoms with van der Waals surface area (Å²) in [6.07, 6.45) is 1.26. The van der Waals surface area contributed by atoms with Gasteiger partial charge in [-0.3, -0.25) is 14.9 Å². The van der Waals surface area contributed by atoms with E-state index >= 15 is 0 Å². The minimum atomic E-state index is -0.697. The van der Waals surface area contributed by atoms with Crippen LogP contribution in [-0.2, 0) is 0 Å². The fourth-order valence-corrected chi connectivity index (χ4v) is 2.04. The van der Waals surface area contributed by atoms with E-state index in [2.05, 4.69) is 10.5 Å². The highest BCUT2D eigenvalue weighted by atomic mass is 16.7. The third-order valence-corrected chi connectivity index (χ3v) is 3.21. The summed E-state index contributed by atoms with van der Waals surface area (Å²) in [7, 11) is 0. The normalized spacial score (nSPS) is 12.3. The van der Waals surface area contributed by atoms with E-state index in [-0.39, 0.29) is 6.79 Å². The van der Waals surface area contributed by atoms with Gasteiger partial charge in [0.2, 0.25) is 6.79 Å². The van der Waals surface area contributed by atoms with Gasteiger partial charge in [-0.2, -0.15) is 5.10 Å². The Bertz CT molecular complexity index is 849. The zero-order valence-corrected chi connectivity index (χ0v) is 12.1. The van der Waals surface area contributed by atoms with Crippen LogP contribution in [0.5, 0.6) is 17.2 Å². The predicted octanol–water partition coefficient (Wildman–Crippen LogP) is 1.79. The molecular formula is C15H11N3O6. The Labute approximate surface area is 135 Å². The highest BCUT2D eigenvalue weighted by Crippen LogP contribution is 2.32. The van der Waals surface area contributed by atoms with E-state index in [1.807, 2.05) is 0 Å². The summed E-state index contributed by atoms with van der Waals surface area (Å²) in [5, 5.41) is 23.9. The fraction of sp³-hybridized carbons (Fsp3) is 0.0667. The largest absolute Gasteiger partial charge is 0.502 e. The molecule has 0 aromatic heterocycles. The molecule has 0 fully saturated rings. The number of amides is 1. The lowest BCUT2D eigenvalue weighted by Crippen LogP contribution is -2.17. The number of phenolic OH excluding ortho intramolecular Hbond substituents is 1. The number of nitro groups is 1. The number of nitrogens with zero attached hydrogens (tertiary/aromatic N) is 2. The first kappa shape index (κ1) is 15.3. The monoisotopic (exact) mass is 329 g/mol. The lowest BCUT2D eigenvalue weighted by molar-refractivity contribution is -0.385. The molecule has 0 spiro atoms. The molecule has 122 valence electrons. The van der Waals surface area contributed by atoms with Gasteiger partial charge < -0.3 is 14.6 Å². The van der Waals surface area contributed by atoms with Gasteiger partial charge in [0.15, 0.2) is 17.2 Å². The summed E-state index contributed by atoms with van der Waals surface area (Å²) in [6.45, 7) is 0.113. The van der Waals surface area contributed by atoms with E-state index < -0.39 is 22.3 Å². The molecule has 1 aliphatic rings. The van der Waals surface area contributed by atoms with Crippen molar-refractivity contribution in [1.82, 2.24) is 5.43 Å². The minimum Gasteiger partial charge on any atom is -0.502 e.